The molecule has 0 radical (unpaired) electrons. The van der Waals surface area contributed by atoms with Crippen LogP contribution in [0, 0.1) is 0 Å². The Morgan fingerprint density at radius 3 is 2.76 bits per heavy atom. The predicted octanol–water partition coefficient (Wildman–Crippen LogP) is 5.93. The number of alkyl carbamates (subject to hydrolysis) is 1. The van der Waals surface area contributed by atoms with Crippen LogP contribution in [-0.2, 0) is 11.3 Å². The zero-order valence-electron chi connectivity index (χ0n) is 18.6. The molecular weight excluding hydrogens is 450 g/mol. The van der Waals surface area contributed by atoms with Gasteiger partial charge in [0.25, 0.3) is 0 Å². The highest BCUT2D eigenvalue weighted by atomic mass is 35.5. The number of hydrogen-bond acceptors (Lipinski definition) is 5. The Bertz CT molecular complexity index is 1280. The molecule has 34 heavy (non-hydrogen) atoms. The standard InChI is InChI=1S/C26H26ClN5O2/c27-22-15-29-25(32-24(22)21-14-28-23-12-5-4-11-20(21)23)30-18-9-6-10-19(13-18)31-26(33)34-16-17-7-2-1-3-8-17/h1-5,7-8,11-12,14-15,18-19,28H,6,9-10,13,16H2,(H,31,33)(H,29,30,32)/t18-,19+/m1/s1. The zero-order valence-corrected chi connectivity index (χ0v) is 19.4. The molecule has 1 aliphatic rings. The van der Waals surface area contributed by atoms with Gasteiger partial charge in [-0.2, -0.15) is 0 Å². The minimum Gasteiger partial charge on any atom is -0.445 e. The summed E-state index contributed by atoms with van der Waals surface area (Å²) < 4.78 is 5.38. The molecule has 1 fully saturated rings. The van der Waals surface area contributed by atoms with Crippen LogP contribution < -0.4 is 10.6 Å². The lowest BCUT2D eigenvalue weighted by molar-refractivity contribution is 0.132. The fourth-order valence-electron chi connectivity index (χ4n) is 4.46. The van der Waals surface area contributed by atoms with Gasteiger partial charge in [0.1, 0.15) is 6.61 Å². The van der Waals surface area contributed by atoms with Gasteiger partial charge in [-0.1, -0.05) is 60.1 Å². The smallest absolute Gasteiger partial charge is 0.407 e. The number of ether oxygens (including phenoxy) is 1. The number of nitrogens with zero attached hydrogens (tertiary/aromatic N) is 2. The number of carbonyl (C=O) groups is 1. The number of rotatable bonds is 6. The number of anilines is 1. The summed E-state index contributed by atoms with van der Waals surface area (Å²) in [5, 5.41) is 8.00. The van der Waals surface area contributed by atoms with Gasteiger partial charge in [0, 0.05) is 34.7 Å². The molecule has 5 rings (SSSR count). The summed E-state index contributed by atoms with van der Waals surface area (Å²) in [4.78, 5) is 24.7. The van der Waals surface area contributed by atoms with Gasteiger partial charge >= 0.3 is 6.09 Å². The first-order valence-electron chi connectivity index (χ1n) is 11.5. The molecule has 4 aromatic rings. The van der Waals surface area contributed by atoms with Gasteiger partial charge in [0.05, 0.1) is 16.9 Å². The van der Waals surface area contributed by atoms with Crippen molar-refractivity contribution >= 4 is 34.5 Å². The number of nitrogens with one attached hydrogen (secondary N) is 3. The molecule has 1 saturated carbocycles. The van der Waals surface area contributed by atoms with Gasteiger partial charge < -0.3 is 20.4 Å². The molecule has 1 amide bonds. The van der Waals surface area contributed by atoms with Gasteiger partial charge in [0.15, 0.2) is 0 Å². The Morgan fingerprint density at radius 1 is 1.09 bits per heavy atom. The maximum Gasteiger partial charge on any atom is 0.407 e. The molecule has 0 saturated heterocycles. The van der Waals surface area contributed by atoms with E-state index in [1.54, 1.807) is 6.20 Å². The molecule has 8 heteroatoms. The lowest BCUT2D eigenvalue weighted by Gasteiger charge is -2.30. The number of fused-ring (bicyclic) bond motifs is 1. The highest BCUT2D eigenvalue weighted by molar-refractivity contribution is 6.33. The van der Waals surface area contributed by atoms with E-state index >= 15 is 0 Å². The molecule has 7 nitrogen and oxygen atoms in total. The van der Waals surface area contributed by atoms with Crippen LogP contribution in [0.3, 0.4) is 0 Å². The molecule has 3 N–H and O–H groups in total. The quantitative estimate of drug-likeness (QED) is 0.321. The average molecular weight is 476 g/mol. The predicted molar refractivity (Wildman–Crippen MR) is 134 cm³/mol. The van der Waals surface area contributed by atoms with E-state index in [1.165, 1.54) is 0 Å². The Hall–Kier alpha value is -3.58. The fourth-order valence-corrected chi connectivity index (χ4v) is 4.65. The maximum atomic E-state index is 12.3. The molecule has 2 atom stereocenters. The summed E-state index contributed by atoms with van der Waals surface area (Å²) in [5.41, 5.74) is 3.62. The number of carbonyl (C=O) groups excluding carboxylic acids is 1. The van der Waals surface area contributed by atoms with E-state index in [4.69, 9.17) is 21.3 Å². The lowest BCUT2D eigenvalue weighted by atomic mass is 9.91. The van der Waals surface area contributed by atoms with E-state index in [2.05, 4.69) is 20.6 Å². The van der Waals surface area contributed by atoms with E-state index < -0.39 is 0 Å². The monoisotopic (exact) mass is 475 g/mol. The number of amides is 1. The molecule has 0 unspecified atom stereocenters. The SMILES string of the molecule is O=C(N[C@H]1CCC[C@@H](Nc2ncc(Cl)c(-c3c[nH]c4ccccc34)n2)C1)OCc1ccccc1. The summed E-state index contributed by atoms with van der Waals surface area (Å²) in [6.07, 6.45) is 6.82. The van der Waals surface area contributed by atoms with Crippen molar-refractivity contribution in [1.82, 2.24) is 20.3 Å². The summed E-state index contributed by atoms with van der Waals surface area (Å²) in [5.74, 6) is 0.530. The van der Waals surface area contributed by atoms with Crippen molar-refractivity contribution in [1.29, 1.82) is 0 Å². The molecular formula is C26H26ClN5O2. The van der Waals surface area contributed by atoms with E-state index in [-0.39, 0.29) is 24.8 Å². The van der Waals surface area contributed by atoms with E-state index in [9.17, 15) is 4.79 Å². The molecule has 174 valence electrons. The van der Waals surface area contributed by atoms with Gasteiger partial charge in [0.2, 0.25) is 5.95 Å². The Labute approximate surface area is 202 Å². The summed E-state index contributed by atoms with van der Waals surface area (Å²) in [6.45, 7) is 0.260. The molecule has 0 aliphatic heterocycles. The topological polar surface area (TPSA) is 91.9 Å². The van der Waals surface area contributed by atoms with E-state index in [0.717, 1.165) is 47.7 Å². The molecule has 0 bridgehead atoms. The Balaban J connectivity index is 1.21. The third-order valence-electron chi connectivity index (χ3n) is 6.13. The van der Waals surface area contributed by atoms with Crippen molar-refractivity contribution in [2.24, 2.45) is 0 Å². The lowest BCUT2D eigenvalue weighted by Crippen LogP contribution is -2.42. The first kappa shape index (κ1) is 22.2. The van der Waals surface area contributed by atoms with Crippen LogP contribution in [-0.4, -0.2) is 33.1 Å². The van der Waals surface area contributed by atoms with Crippen LogP contribution in [0.1, 0.15) is 31.2 Å². The first-order chi connectivity index (χ1) is 16.7. The van der Waals surface area contributed by atoms with Crippen molar-refractivity contribution < 1.29 is 9.53 Å². The van der Waals surface area contributed by atoms with Crippen molar-refractivity contribution in [2.45, 2.75) is 44.4 Å². The summed E-state index contributed by atoms with van der Waals surface area (Å²) in [7, 11) is 0. The molecule has 0 spiro atoms. The fraction of sp³-hybridized carbons (Fsp3) is 0.269. The summed E-state index contributed by atoms with van der Waals surface area (Å²) >= 11 is 6.46. The van der Waals surface area contributed by atoms with Crippen LogP contribution >= 0.6 is 11.6 Å². The van der Waals surface area contributed by atoms with Crippen LogP contribution in [0.25, 0.3) is 22.2 Å². The molecule has 2 aromatic carbocycles. The largest absolute Gasteiger partial charge is 0.445 e. The van der Waals surface area contributed by atoms with Gasteiger partial charge in [-0.3, -0.25) is 0 Å². The number of hydrogen-bond donors (Lipinski definition) is 3. The van der Waals surface area contributed by atoms with Crippen LogP contribution in [0.2, 0.25) is 5.02 Å². The summed E-state index contributed by atoms with van der Waals surface area (Å²) in [6, 6.07) is 17.9. The van der Waals surface area contributed by atoms with E-state index in [0.29, 0.717) is 16.7 Å². The highest BCUT2D eigenvalue weighted by Gasteiger charge is 2.25. The van der Waals surface area contributed by atoms with Crippen molar-refractivity contribution in [3.8, 4) is 11.3 Å². The zero-order chi connectivity index (χ0) is 23.3. The minimum atomic E-state index is -0.390. The van der Waals surface area contributed by atoms with E-state index in [1.807, 2.05) is 60.8 Å². The van der Waals surface area contributed by atoms with Gasteiger partial charge in [-0.05, 0) is 37.3 Å². The third kappa shape index (κ3) is 5.15. The highest BCUT2D eigenvalue weighted by Crippen LogP contribution is 2.32. The van der Waals surface area contributed by atoms with Crippen LogP contribution in [0.4, 0.5) is 10.7 Å². The third-order valence-corrected chi connectivity index (χ3v) is 6.41. The van der Waals surface area contributed by atoms with Gasteiger partial charge in [-0.15, -0.1) is 0 Å². The van der Waals surface area contributed by atoms with Crippen molar-refractivity contribution in [3.63, 3.8) is 0 Å². The maximum absolute atomic E-state index is 12.3. The number of aromatic amines is 1. The van der Waals surface area contributed by atoms with Crippen molar-refractivity contribution in [3.05, 3.63) is 77.6 Å². The molecule has 2 heterocycles. The second kappa shape index (κ2) is 10.1. The van der Waals surface area contributed by atoms with Crippen LogP contribution in [0.5, 0.6) is 0 Å². The van der Waals surface area contributed by atoms with Crippen molar-refractivity contribution in [2.75, 3.05) is 5.32 Å². The number of halogens is 1. The number of H-pyrrole nitrogens is 1. The second-order valence-electron chi connectivity index (χ2n) is 8.55. The van der Waals surface area contributed by atoms with Gasteiger partial charge in [-0.25, -0.2) is 14.8 Å². The van der Waals surface area contributed by atoms with Crippen LogP contribution in [0.15, 0.2) is 67.0 Å². The molecule has 1 aliphatic carbocycles. The average Bonchev–Trinajstić information content (AvgIpc) is 3.29. The number of aromatic nitrogens is 3. The number of para-hydroxylation sites is 1. The minimum absolute atomic E-state index is 0.0370. The normalized spacial score (nSPS) is 17.9. The number of benzene rings is 2. The second-order valence-corrected chi connectivity index (χ2v) is 8.96. The Morgan fingerprint density at radius 2 is 1.88 bits per heavy atom. The Kier molecular flexibility index (Phi) is 6.62. The first-order valence-corrected chi connectivity index (χ1v) is 11.9. The molecule has 2 aromatic heterocycles.